The average molecular weight is 326 g/mol. The summed E-state index contributed by atoms with van der Waals surface area (Å²) in [6.45, 7) is 1.22. The summed E-state index contributed by atoms with van der Waals surface area (Å²) in [5, 5.41) is 3.91. The van der Waals surface area contributed by atoms with Gasteiger partial charge in [-0.05, 0) is 19.3 Å². The second kappa shape index (κ2) is 7.02. The van der Waals surface area contributed by atoms with Crippen LogP contribution >= 0.6 is 11.3 Å². The van der Waals surface area contributed by atoms with Crippen molar-refractivity contribution in [2.24, 2.45) is 0 Å². The molecule has 0 saturated heterocycles. The first-order valence-corrected chi connectivity index (χ1v) is 7.68. The van der Waals surface area contributed by atoms with E-state index in [9.17, 15) is 17.6 Å². The van der Waals surface area contributed by atoms with E-state index in [4.69, 9.17) is 4.74 Å². The minimum absolute atomic E-state index is 0.163. The summed E-state index contributed by atoms with van der Waals surface area (Å²) in [4.78, 5) is 5.37. The number of alkyl halides is 4. The summed E-state index contributed by atoms with van der Waals surface area (Å²) in [5.41, 5.74) is 0.910. The molecule has 1 heterocycles. The quantitative estimate of drug-likeness (QED) is 0.707. The normalized spacial score (nSPS) is 15.9. The van der Waals surface area contributed by atoms with Crippen molar-refractivity contribution in [2.45, 2.75) is 57.7 Å². The fraction of sp³-hybridized carbons (Fsp3) is 0.769. The van der Waals surface area contributed by atoms with E-state index in [1.165, 1.54) is 24.2 Å². The fourth-order valence-electron chi connectivity index (χ4n) is 1.77. The molecule has 0 spiro atoms. The zero-order chi connectivity index (χ0) is 15.5. The van der Waals surface area contributed by atoms with Crippen LogP contribution < -0.4 is 5.32 Å². The number of nitrogens with one attached hydrogen (secondary N) is 1. The van der Waals surface area contributed by atoms with Gasteiger partial charge in [0.15, 0.2) is 0 Å². The molecule has 1 N–H and O–H groups in total. The van der Waals surface area contributed by atoms with Gasteiger partial charge in [-0.1, -0.05) is 6.92 Å². The van der Waals surface area contributed by atoms with Crippen LogP contribution in [0.4, 0.5) is 17.6 Å². The number of hydrogen-bond donors (Lipinski definition) is 1. The highest BCUT2D eigenvalue weighted by molar-refractivity contribution is 7.11. The van der Waals surface area contributed by atoms with Crippen LogP contribution in [0.5, 0.6) is 0 Å². The van der Waals surface area contributed by atoms with Gasteiger partial charge >= 0.3 is 12.3 Å². The molecule has 8 heteroatoms. The number of aromatic nitrogens is 1. The highest BCUT2D eigenvalue weighted by Gasteiger charge is 2.41. The summed E-state index contributed by atoms with van der Waals surface area (Å²) in [6, 6.07) is 0.571. The van der Waals surface area contributed by atoms with Crippen LogP contribution in [0.3, 0.4) is 0 Å². The molecule has 0 amide bonds. The van der Waals surface area contributed by atoms with Crippen LogP contribution in [0.25, 0.3) is 0 Å². The van der Waals surface area contributed by atoms with Crippen molar-refractivity contribution < 1.29 is 22.3 Å². The Hall–Kier alpha value is -0.730. The number of halogens is 4. The lowest BCUT2D eigenvalue weighted by Gasteiger charge is -2.14. The monoisotopic (exact) mass is 326 g/mol. The molecular formula is C13H18F4N2OS. The highest BCUT2D eigenvalue weighted by Crippen LogP contribution is 2.26. The maximum atomic E-state index is 12.7. The molecule has 3 nitrogen and oxygen atoms in total. The Balaban J connectivity index is 1.85. The number of ether oxygens (including phenoxy) is 1. The Morgan fingerprint density at radius 1 is 1.43 bits per heavy atom. The topological polar surface area (TPSA) is 34.1 Å². The Kier molecular flexibility index (Phi) is 5.56. The Bertz CT molecular complexity index is 463. The van der Waals surface area contributed by atoms with Gasteiger partial charge < -0.3 is 10.1 Å². The van der Waals surface area contributed by atoms with Crippen LogP contribution in [-0.4, -0.2) is 30.0 Å². The summed E-state index contributed by atoms with van der Waals surface area (Å²) < 4.78 is 54.1. The maximum absolute atomic E-state index is 12.7. The van der Waals surface area contributed by atoms with Gasteiger partial charge in [0.05, 0.1) is 12.3 Å². The van der Waals surface area contributed by atoms with Crippen molar-refractivity contribution in [2.75, 3.05) is 6.61 Å². The van der Waals surface area contributed by atoms with E-state index in [-0.39, 0.29) is 6.61 Å². The lowest BCUT2D eigenvalue weighted by atomic mass is 10.3. The standard InChI is InChI=1S/C13H18F4N2OS/c1-2-9-10(5-18-8-3-4-8)21-11(19-9)6-20-7-13(16,17)12(14)15/h8,12,18H,2-7H2,1H3. The zero-order valence-electron chi connectivity index (χ0n) is 11.7. The third kappa shape index (κ3) is 4.89. The van der Waals surface area contributed by atoms with Gasteiger partial charge in [-0.2, -0.15) is 8.78 Å². The van der Waals surface area contributed by atoms with Crippen LogP contribution in [0.15, 0.2) is 0 Å². The van der Waals surface area contributed by atoms with Crippen molar-refractivity contribution in [3.8, 4) is 0 Å². The molecule has 21 heavy (non-hydrogen) atoms. The fourth-order valence-corrected chi connectivity index (χ4v) is 2.82. The molecule has 1 aromatic heterocycles. The van der Waals surface area contributed by atoms with Gasteiger partial charge in [-0.15, -0.1) is 11.3 Å². The SMILES string of the molecule is CCc1nc(COCC(F)(F)C(F)F)sc1CNC1CC1. The number of thiazole rings is 1. The predicted molar refractivity (Wildman–Crippen MR) is 72.0 cm³/mol. The molecule has 120 valence electrons. The van der Waals surface area contributed by atoms with E-state index >= 15 is 0 Å². The van der Waals surface area contributed by atoms with E-state index in [0.717, 1.165) is 17.0 Å². The first-order valence-electron chi connectivity index (χ1n) is 6.87. The van der Waals surface area contributed by atoms with Gasteiger partial charge in [0.25, 0.3) is 0 Å². The van der Waals surface area contributed by atoms with E-state index < -0.39 is 19.0 Å². The van der Waals surface area contributed by atoms with Crippen molar-refractivity contribution in [3.05, 3.63) is 15.6 Å². The molecule has 0 atom stereocenters. The third-order valence-corrected chi connectivity index (χ3v) is 4.20. The minimum Gasteiger partial charge on any atom is -0.368 e. The molecule has 1 aliphatic carbocycles. The molecule has 0 unspecified atom stereocenters. The van der Waals surface area contributed by atoms with Gasteiger partial charge in [0, 0.05) is 17.5 Å². The predicted octanol–water partition coefficient (Wildman–Crippen LogP) is 3.37. The summed E-state index contributed by atoms with van der Waals surface area (Å²) >= 11 is 1.38. The molecule has 1 aromatic rings. The lowest BCUT2D eigenvalue weighted by molar-refractivity contribution is -0.168. The van der Waals surface area contributed by atoms with Crippen LogP contribution in [0.1, 0.15) is 35.3 Å². The lowest BCUT2D eigenvalue weighted by Crippen LogP contribution is -2.32. The van der Waals surface area contributed by atoms with Gasteiger partial charge in [-0.3, -0.25) is 0 Å². The van der Waals surface area contributed by atoms with E-state index in [2.05, 4.69) is 10.3 Å². The number of hydrogen-bond acceptors (Lipinski definition) is 4. The molecule has 1 fully saturated rings. The average Bonchev–Trinajstić information content (AvgIpc) is 3.17. The number of aryl methyl sites for hydroxylation is 1. The van der Waals surface area contributed by atoms with Crippen LogP contribution in [-0.2, 0) is 24.3 Å². The van der Waals surface area contributed by atoms with E-state index in [0.29, 0.717) is 17.6 Å². The van der Waals surface area contributed by atoms with Gasteiger partial charge in [0.2, 0.25) is 0 Å². The third-order valence-electron chi connectivity index (χ3n) is 3.13. The van der Waals surface area contributed by atoms with Crippen molar-refractivity contribution in [1.82, 2.24) is 10.3 Å². The summed E-state index contributed by atoms with van der Waals surface area (Å²) in [6.07, 6.45) is -0.609. The first kappa shape index (κ1) is 16.6. The van der Waals surface area contributed by atoms with Crippen molar-refractivity contribution in [3.63, 3.8) is 0 Å². The van der Waals surface area contributed by atoms with E-state index in [1.54, 1.807) is 0 Å². The molecule has 2 rings (SSSR count). The molecule has 1 aliphatic rings. The Labute approximate surface area is 124 Å². The number of rotatable bonds is 9. The molecular weight excluding hydrogens is 308 g/mol. The first-order chi connectivity index (χ1) is 9.92. The van der Waals surface area contributed by atoms with Crippen molar-refractivity contribution >= 4 is 11.3 Å². The Morgan fingerprint density at radius 2 is 2.14 bits per heavy atom. The zero-order valence-corrected chi connectivity index (χ0v) is 12.5. The second-order valence-electron chi connectivity index (χ2n) is 5.04. The molecule has 0 bridgehead atoms. The second-order valence-corrected chi connectivity index (χ2v) is 6.21. The van der Waals surface area contributed by atoms with Gasteiger partial charge in [0.1, 0.15) is 11.6 Å². The van der Waals surface area contributed by atoms with Crippen LogP contribution in [0, 0.1) is 0 Å². The van der Waals surface area contributed by atoms with Crippen molar-refractivity contribution in [1.29, 1.82) is 0 Å². The maximum Gasteiger partial charge on any atom is 0.330 e. The van der Waals surface area contributed by atoms with Gasteiger partial charge in [-0.25, -0.2) is 13.8 Å². The highest BCUT2D eigenvalue weighted by atomic mass is 32.1. The Morgan fingerprint density at radius 3 is 2.71 bits per heavy atom. The molecule has 0 aliphatic heterocycles. The summed E-state index contributed by atoms with van der Waals surface area (Å²) in [5.74, 6) is -4.11. The molecule has 0 aromatic carbocycles. The molecule has 0 radical (unpaired) electrons. The minimum atomic E-state index is -4.11. The van der Waals surface area contributed by atoms with Crippen LogP contribution in [0.2, 0.25) is 0 Å². The molecule has 1 saturated carbocycles. The smallest absolute Gasteiger partial charge is 0.330 e. The largest absolute Gasteiger partial charge is 0.368 e. The summed E-state index contributed by atoms with van der Waals surface area (Å²) in [7, 11) is 0. The number of nitrogens with zero attached hydrogens (tertiary/aromatic N) is 1. The van der Waals surface area contributed by atoms with E-state index in [1.807, 2.05) is 6.92 Å².